The molecule has 0 saturated carbocycles. The maximum absolute atomic E-state index is 11.9. The highest BCUT2D eigenvalue weighted by Crippen LogP contribution is 2.07. The normalized spacial score (nSPS) is 12.0. The lowest BCUT2D eigenvalue weighted by Crippen LogP contribution is -2.50. The molecular weight excluding hydrogens is 324 g/mol. The average molecular weight is 350 g/mol. The average Bonchev–Trinajstić information content (AvgIpc) is 2.55. The van der Waals surface area contributed by atoms with Crippen LogP contribution in [0.25, 0.3) is 0 Å². The minimum Gasteiger partial charge on any atom is -0.467 e. The van der Waals surface area contributed by atoms with Crippen molar-refractivity contribution in [3.8, 4) is 0 Å². The number of aryl methyl sites for hydroxylation is 1. The van der Waals surface area contributed by atoms with E-state index in [0.29, 0.717) is 6.42 Å². The van der Waals surface area contributed by atoms with Gasteiger partial charge in [-0.05, 0) is 32.8 Å². The topological polar surface area (TPSA) is 93.7 Å². The third kappa shape index (κ3) is 8.74. The zero-order valence-electron chi connectivity index (χ0n) is 15.1. The molecule has 0 aliphatic carbocycles. The summed E-state index contributed by atoms with van der Waals surface area (Å²) in [5.41, 5.74) is 0.359. The number of nitrogens with one attached hydrogen (secondary N) is 2. The van der Waals surface area contributed by atoms with Gasteiger partial charge in [-0.3, -0.25) is 4.79 Å². The van der Waals surface area contributed by atoms with Crippen molar-refractivity contribution in [2.24, 2.45) is 0 Å². The fourth-order valence-corrected chi connectivity index (χ4v) is 1.99. The Kier molecular flexibility index (Phi) is 7.91. The number of benzene rings is 1. The van der Waals surface area contributed by atoms with E-state index in [4.69, 9.17) is 4.74 Å². The number of rotatable bonds is 7. The first-order valence-electron chi connectivity index (χ1n) is 8.09. The van der Waals surface area contributed by atoms with E-state index < -0.39 is 23.7 Å². The van der Waals surface area contributed by atoms with Crippen LogP contribution in [0.3, 0.4) is 0 Å². The minimum absolute atomic E-state index is 0.0699. The van der Waals surface area contributed by atoms with Crippen molar-refractivity contribution < 1.29 is 23.9 Å². The number of carbonyl (C=O) groups excluding carboxylic acids is 3. The van der Waals surface area contributed by atoms with E-state index in [1.807, 2.05) is 30.3 Å². The molecule has 7 heteroatoms. The molecular formula is C18H26N2O5. The van der Waals surface area contributed by atoms with Crippen LogP contribution in [0.2, 0.25) is 0 Å². The number of amides is 2. The van der Waals surface area contributed by atoms with Crippen LogP contribution in [0.15, 0.2) is 30.3 Å². The van der Waals surface area contributed by atoms with E-state index in [-0.39, 0.29) is 18.9 Å². The molecule has 0 saturated heterocycles. The molecule has 138 valence electrons. The summed E-state index contributed by atoms with van der Waals surface area (Å²) in [6.45, 7) is 5.07. The Bertz CT molecular complexity index is 581. The van der Waals surface area contributed by atoms with E-state index in [0.717, 1.165) is 5.56 Å². The Morgan fingerprint density at radius 2 is 1.76 bits per heavy atom. The van der Waals surface area contributed by atoms with Crippen LogP contribution in [0.4, 0.5) is 4.79 Å². The monoisotopic (exact) mass is 350 g/mol. The fourth-order valence-electron chi connectivity index (χ4n) is 1.99. The van der Waals surface area contributed by atoms with Gasteiger partial charge in [0.25, 0.3) is 0 Å². The second-order valence-electron chi connectivity index (χ2n) is 6.51. The molecule has 1 unspecified atom stereocenters. The van der Waals surface area contributed by atoms with Gasteiger partial charge in [-0.15, -0.1) is 0 Å². The van der Waals surface area contributed by atoms with Gasteiger partial charge in [0, 0.05) is 13.0 Å². The highest BCUT2D eigenvalue weighted by molar-refractivity contribution is 5.83. The van der Waals surface area contributed by atoms with Crippen LogP contribution in [-0.4, -0.2) is 43.3 Å². The summed E-state index contributed by atoms with van der Waals surface area (Å²) < 4.78 is 9.75. The van der Waals surface area contributed by atoms with Gasteiger partial charge in [-0.2, -0.15) is 0 Å². The number of carbonyl (C=O) groups is 3. The fraction of sp³-hybridized carbons (Fsp3) is 0.500. The number of hydrogen-bond acceptors (Lipinski definition) is 5. The quantitative estimate of drug-likeness (QED) is 0.732. The largest absolute Gasteiger partial charge is 0.467 e. The first-order chi connectivity index (χ1) is 11.7. The second kappa shape index (κ2) is 9.66. The van der Waals surface area contributed by atoms with Gasteiger partial charge in [0.1, 0.15) is 11.6 Å². The molecule has 25 heavy (non-hydrogen) atoms. The summed E-state index contributed by atoms with van der Waals surface area (Å²) in [5.74, 6) is -0.877. The Morgan fingerprint density at radius 3 is 2.32 bits per heavy atom. The van der Waals surface area contributed by atoms with E-state index >= 15 is 0 Å². The van der Waals surface area contributed by atoms with Crippen LogP contribution in [0.5, 0.6) is 0 Å². The van der Waals surface area contributed by atoms with Crippen LogP contribution in [0, 0.1) is 0 Å². The van der Waals surface area contributed by atoms with Gasteiger partial charge >= 0.3 is 12.1 Å². The molecule has 1 atom stereocenters. The number of esters is 1. The molecule has 7 nitrogen and oxygen atoms in total. The molecule has 1 aromatic rings. The summed E-state index contributed by atoms with van der Waals surface area (Å²) in [6, 6.07) is 8.59. The highest BCUT2D eigenvalue weighted by atomic mass is 16.6. The molecule has 2 N–H and O–H groups in total. The highest BCUT2D eigenvalue weighted by Gasteiger charge is 2.25. The zero-order valence-corrected chi connectivity index (χ0v) is 15.1. The standard InChI is InChI=1S/C18H26N2O5/c1-18(2,3)25-17(23)20-14(16(22)24-4)12-19-15(21)11-10-13-8-6-5-7-9-13/h5-9,14H,10-12H2,1-4H3,(H,19,21)(H,20,23). The summed E-state index contributed by atoms with van der Waals surface area (Å²) in [7, 11) is 1.21. The Labute approximate surface area is 148 Å². The maximum Gasteiger partial charge on any atom is 0.408 e. The van der Waals surface area contributed by atoms with Crippen molar-refractivity contribution in [3.05, 3.63) is 35.9 Å². The third-order valence-electron chi connectivity index (χ3n) is 3.16. The lowest BCUT2D eigenvalue weighted by molar-refractivity contribution is -0.143. The van der Waals surface area contributed by atoms with Crippen molar-refractivity contribution in [2.75, 3.05) is 13.7 Å². The van der Waals surface area contributed by atoms with Crippen LogP contribution < -0.4 is 10.6 Å². The molecule has 2 amide bonds. The van der Waals surface area contributed by atoms with Crippen molar-refractivity contribution >= 4 is 18.0 Å². The van der Waals surface area contributed by atoms with Crippen LogP contribution >= 0.6 is 0 Å². The smallest absolute Gasteiger partial charge is 0.408 e. The van der Waals surface area contributed by atoms with E-state index in [2.05, 4.69) is 15.4 Å². The molecule has 0 spiro atoms. The van der Waals surface area contributed by atoms with Gasteiger partial charge in [0.15, 0.2) is 0 Å². The van der Waals surface area contributed by atoms with Crippen molar-refractivity contribution in [1.82, 2.24) is 10.6 Å². The van der Waals surface area contributed by atoms with Gasteiger partial charge in [0.2, 0.25) is 5.91 Å². The van der Waals surface area contributed by atoms with Crippen molar-refractivity contribution in [1.29, 1.82) is 0 Å². The Hall–Kier alpha value is -2.57. The summed E-state index contributed by atoms with van der Waals surface area (Å²) in [6.07, 6.45) is 0.126. The van der Waals surface area contributed by atoms with Gasteiger partial charge < -0.3 is 20.1 Å². The lowest BCUT2D eigenvalue weighted by atomic mass is 10.1. The molecule has 0 radical (unpaired) electrons. The molecule has 0 fully saturated rings. The Morgan fingerprint density at radius 1 is 1.12 bits per heavy atom. The molecule has 0 aromatic heterocycles. The van der Waals surface area contributed by atoms with E-state index in [9.17, 15) is 14.4 Å². The Balaban J connectivity index is 2.48. The predicted molar refractivity (Wildman–Crippen MR) is 92.9 cm³/mol. The summed E-state index contributed by atoms with van der Waals surface area (Å²) in [5, 5.41) is 5.03. The molecule has 0 aliphatic rings. The molecule has 1 aromatic carbocycles. The minimum atomic E-state index is -1.01. The van der Waals surface area contributed by atoms with E-state index in [1.54, 1.807) is 20.8 Å². The van der Waals surface area contributed by atoms with Crippen LogP contribution in [0.1, 0.15) is 32.8 Å². The molecule has 0 aliphatic heterocycles. The summed E-state index contributed by atoms with van der Waals surface area (Å²) in [4.78, 5) is 35.5. The molecule has 0 heterocycles. The van der Waals surface area contributed by atoms with Crippen LogP contribution in [-0.2, 0) is 25.5 Å². The number of hydrogen-bond donors (Lipinski definition) is 2. The predicted octanol–water partition coefficient (Wildman–Crippen LogP) is 1.80. The number of methoxy groups -OCH3 is 1. The first-order valence-corrected chi connectivity index (χ1v) is 8.09. The first kappa shape index (κ1) is 20.5. The molecule has 1 rings (SSSR count). The van der Waals surface area contributed by atoms with Gasteiger partial charge in [-0.25, -0.2) is 9.59 Å². The third-order valence-corrected chi connectivity index (χ3v) is 3.16. The van der Waals surface area contributed by atoms with E-state index in [1.165, 1.54) is 7.11 Å². The van der Waals surface area contributed by atoms with Crippen molar-refractivity contribution in [2.45, 2.75) is 45.3 Å². The van der Waals surface area contributed by atoms with Gasteiger partial charge in [-0.1, -0.05) is 30.3 Å². The second-order valence-corrected chi connectivity index (χ2v) is 6.51. The number of alkyl carbamates (subject to hydrolysis) is 1. The number of ether oxygens (including phenoxy) is 2. The van der Waals surface area contributed by atoms with Gasteiger partial charge in [0.05, 0.1) is 7.11 Å². The molecule has 0 bridgehead atoms. The van der Waals surface area contributed by atoms with Crippen molar-refractivity contribution in [3.63, 3.8) is 0 Å². The lowest BCUT2D eigenvalue weighted by Gasteiger charge is -2.22. The maximum atomic E-state index is 11.9. The SMILES string of the molecule is COC(=O)C(CNC(=O)CCc1ccccc1)NC(=O)OC(C)(C)C. The zero-order chi connectivity index (χ0) is 18.9. The summed E-state index contributed by atoms with van der Waals surface area (Å²) >= 11 is 0.